The number of aromatic nitrogens is 1. The SMILES string of the molecule is Nc1cc(C(=O)N[C@@H]2CC[C@@H]2NC(=O)c2cc3ccccc3c(=O)[nH]2)ccc1F. The van der Waals surface area contributed by atoms with E-state index < -0.39 is 11.7 Å². The quantitative estimate of drug-likeness (QED) is 0.506. The number of aromatic amines is 1. The van der Waals surface area contributed by atoms with Crippen molar-refractivity contribution in [3.05, 3.63) is 76.0 Å². The van der Waals surface area contributed by atoms with E-state index in [1.54, 1.807) is 30.3 Å². The van der Waals surface area contributed by atoms with Gasteiger partial charge in [0.15, 0.2) is 0 Å². The Balaban J connectivity index is 1.43. The van der Waals surface area contributed by atoms with Gasteiger partial charge in [-0.15, -0.1) is 0 Å². The summed E-state index contributed by atoms with van der Waals surface area (Å²) in [5.74, 6) is -1.39. The molecule has 148 valence electrons. The third-order valence-corrected chi connectivity index (χ3v) is 5.16. The van der Waals surface area contributed by atoms with Gasteiger partial charge >= 0.3 is 0 Å². The van der Waals surface area contributed by atoms with Crippen molar-refractivity contribution in [2.45, 2.75) is 24.9 Å². The molecule has 2 amide bonds. The first-order chi connectivity index (χ1) is 13.9. The minimum atomic E-state index is -0.584. The molecule has 1 aliphatic carbocycles. The second-order valence-electron chi connectivity index (χ2n) is 7.07. The number of hydrogen-bond acceptors (Lipinski definition) is 4. The van der Waals surface area contributed by atoms with Crippen LogP contribution in [0.3, 0.4) is 0 Å². The van der Waals surface area contributed by atoms with Gasteiger partial charge in [-0.05, 0) is 48.6 Å². The molecule has 5 N–H and O–H groups in total. The highest BCUT2D eigenvalue weighted by molar-refractivity contribution is 5.97. The van der Waals surface area contributed by atoms with Crippen LogP contribution in [0.25, 0.3) is 10.8 Å². The zero-order chi connectivity index (χ0) is 20.5. The van der Waals surface area contributed by atoms with Crippen molar-refractivity contribution in [2.75, 3.05) is 5.73 Å². The van der Waals surface area contributed by atoms with E-state index in [0.717, 1.165) is 6.07 Å². The first-order valence-electron chi connectivity index (χ1n) is 9.21. The molecule has 4 rings (SSSR count). The van der Waals surface area contributed by atoms with Gasteiger partial charge in [-0.25, -0.2) is 4.39 Å². The molecule has 1 aliphatic rings. The highest BCUT2D eigenvalue weighted by Crippen LogP contribution is 2.22. The molecule has 0 unspecified atom stereocenters. The molecule has 0 radical (unpaired) electrons. The smallest absolute Gasteiger partial charge is 0.268 e. The van der Waals surface area contributed by atoms with Crippen LogP contribution in [0.1, 0.15) is 33.7 Å². The van der Waals surface area contributed by atoms with Crippen molar-refractivity contribution in [2.24, 2.45) is 0 Å². The molecule has 2 atom stereocenters. The molecule has 7 nitrogen and oxygen atoms in total. The molecule has 1 heterocycles. The summed E-state index contributed by atoms with van der Waals surface area (Å²) in [4.78, 5) is 39.7. The lowest BCUT2D eigenvalue weighted by Crippen LogP contribution is -2.58. The number of amides is 2. The molecule has 0 bridgehead atoms. The molecular formula is C21H19FN4O3. The zero-order valence-corrected chi connectivity index (χ0v) is 15.4. The number of pyridine rings is 1. The summed E-state index contributed by atoms with van der Waals surface area (Å²) < 4.78 is 13.3. The Kier molecular flexibility index (Phi) is 4.75. The van der Waals surface area contributed by atoms with Crippen LogP contribution in [0.4, 0.5) is 10.1 Å². The number of carbonyl (C=O) groups is 2. The maximum absolute atomic E-state index is 13.3. The van der Waals surface area contributed by atoms with Gasteiger partial charge < -0.3 is 21.4 Å². The van der Waals surface area contributed by atoms with Crippen molar-refractivity contribution in [3.63, 3.8) is 0 Å². The number of nitrogens with two attached hydrogens (primary N) is 1. The number of anilines is 1. The van der Waals surface area contributed by atoms with Crippen LogP contribution in [0.15, 0.2) is 53.3 Å². The van der Waals surface area contributed by atoms with Crippen molar-refractivity contribution in [3.8, 4) is 0 Å². The molecular weight excluding hydrogens is 375 g/mol. The lowest BCUT2D eigenvalue weighted by atomic mass is 9.86. The highest BCUT2D eigenvalue weighted by Gasteiger charge is 2.34. The van der Waals surface area contributed by atoms with E-state index in [0.29, 0.717) is 23.6 Å². The van der Waals surface area contributed by atoms with Gasteiger partial charge in [-0.1, -0.05) is 18.2 Å². The average molecular weight is 394 g/mol. The summed E-state index contributed by atoms with van der Waals surface area (Å²) in [7, 11) is 0. The van der Waals surface area contributed by atoms with Crippen LogP contribution in [-0.2, 0) is 0 Å². The lowest BCUT2D eigenvalue weighted by molar-refractivity contribution is 0.0826. The second-order valence-corrected chi connectivity index (χ2v) is 7.07. The summed E-state index contributed by atoms with van der Waals surface area (Å²) in [5, 5.41) is 6.85. The number of hydrogen-bond donors (Lipinski definition) is 4. The van der Waals surface area contributed by atoms with Crippen molar-refractivity contribution < 1.29 is 14.0 Å². The van der Waals surface area contributed by atoms with Gasteiger partial charge in [0.1, 0.15) is 11.5 Å². The molecule has 0 saturated heterocycles. The number of halogens is 1. The van der Waals surface area contributed by atoms with E-state index in [-0.39, 0.29) is 40.5 Å². The number of H-pyrrole nitrogens is 1. The van der Waals surface area contributed by atoms with Crippen LogP contribution >= 0.6 is 0 Å². The summed E-state index contributed by atoms with van der Waals surface area (Å²) >= 11 is 0. The van der Waals surface area contributed by atoms with Crippen molar-refractivity contribution >= 4 is 28.3 Å². The largest absolute Gasteiger partial charge is 0.396 e. The first kappa shape index (κ1) is 18.7. The summed E-state index contributed by atoms with van der Waals surface area (Å²) in [6.45, 7) is 0. The van der Waals surface area contributed by atoms with E-state index in [9.17, 15) is 18.8 Å². The van der Waals surface area contributed by atoms with Gasteiger partial charge in [0.25, 0.3) is 17.4 Å². The molecule has 0 spiro atoms. The fourth-order valence-corrected chi connectivity index (χ4v) is 3.36. The topological polar surface area (TPSA) is 117 Å². The fraction of sp³-hybridized carbons (Fsp3) is 0.190. The van der Waals surface area contributed by atoms with Crippen LogP contribution in [0, 0.1) is 5.82 Å². The van der Waals surface area contributed by atoms with Crippen LogP contribution < -0.4 is 21.9 Å². The maximum Gasteiger partial charge on any atom is 0.268 e. The molecule has 2 aromatic carbocycles. The minimum absolute atomic E-state index is 0.101. The normalized spacial score (nSPS) is 18.1. The predicted molar refractivity (Wildman–Crippen MR) is 107 cm³/mol. The molecule has 1 saturated carbocycles. The summed E-state index contributed by atoms with van der Waals surface area (Å²) in [5.41, 5.74) is 5.48. The monoisotopic (exact) mass is 394 g/mol. The molecule has 1 aromatic heterocycles. The number of benzene rings is 2. The van der Waals surface area contributed by atoms with Crippen molar-refractivity contribution in [1.29, 1.82) is 0 Å². The van der Waals surface area contributed by atoms with E-state index in [1.807, 2.05) is 0 Å². The van der Waals surface area contributed by atoms with E-state index in [2.05, 4.69) is 15.6 Å². The highest BCUT2D eigenvalue weighted by atomic mass is 19.1. The lowest BCUT2D eigenvalue weighted by Gasteiger charge is -2.37. The van der Waals surface area contributed by atoms with Gasteiger partial charge in [0.2, 0.25) is 0 Å². The predicted octanol–water partition coefficient (Wildman–Crippen LogP) is 1.94. The number of rotatable bonds is 4. The Morgan fingerprint density at radius 1 is 1.00 bits per heavy atom. The van der Waals surface area contributed by atoms with Gasteiger partial charge in [0.05, 0.1) is 5.69 Å². The Morgan fingerprint density at radius 3 is 2.38 bits per heavy atom. The molecule has 0 aliphatic heterocycles. The van der Waals surface area contributed by atoms with E-state index >= 15 is 0 Å². The second kappa shape index (κ2) is 7.38. The molecule has 3 aromatic rings. The Labute approximate surface area is 165 Å². The Bertz CT molecular complexity index is 1170. The number of fused-ring (bicyclic) bond motifs is 1. The average Bonchev–Trinajstić information content (AvgIpc) is 2.71. The maximum atomic E-state index is 13.3. The van der Waals surface area contributed by atoms with Crippen LogP contribution in [0.2, 0.25) is 0 Å². The molecule has 1 fully saturated rings. The van der Waals surface area contributed by atoms with Gasteiger partial charge in [0, 0.05) is 23.0 Å². The van der Waals surface area contributed by atoms with Crippen LogP contribution in [-0.4, -0.2) is 28.9 Å². The minimum Gasteiger partial charge on any atom is -0.396 e. The Morgan fingerprint density at radius 2 is 1.69 bits per heavy atom. The van der Waals surface area contributed by atoms with Gasteiger partial charge in [-0.3, -0.25) is 14.4 Å². The third kappa shape index (κ3) is 3.69. The standard InChI is InChI=1S/C21H19FN4O3/c22-14-6-5-12(9-15(14)23)19(27)24-16-7-8-17(16)25-21(29)18-10-11-3-1-2-4-13(11)20(28)26-18/h1-6,9-10,16-17H,7-8,23H2,(H,24,27)(H,25,29)(H,26,28)/t16-,17+/m1/s1. The van der Waals surface area contributed by atoms with Gasteiger partial charge in [-0.2, -0.15) is 0 Å². The van der Waals surface area contributed by atoms with E-state index in [4.69, 9.17) is 5.73 Å². The van der Waals surface area contributed by atoms with Crippen LogP contribution in [0.5, 0.6) is 0 Å². The molecule has 8 heteroatoms. The Hall–Kier alpha value is -3.68. The number of carbonyl (C=O) groups excluding carboxylic acids is 2. The summed E-state index contributed by atoms with van der Waals surface area (Å²) in [6.07, 6.45) is 1.39. The van der Waals surface area contributed by atoms with Crippen molar-refractivity contribution in [1.82, 2.24) is 15.6 Å². The van der Waals surface area contributed by atoms with E-state index in [1.165, 1.54) is 12.1 Å². The first-order valence-corrected chi connectivity index (χ1v) is 9.21. The molecule has 29 heavy (non-hydrogen) atoms. The fourth-order valence-electron chi connectivity index (χ4n) is 3.36. The number of nitrogen functional groups attached to an aromatic ring is 1. The number of nitrogens with one attached hydrogen (secondary N) is 3. The third-order valence-electron chi connectivity index (χ3n) is 5.16. The summed E-state index contributed by atoms with van der Waals surface area (Å²) in [6, 6.07) is 11.9. The zero-order valence-electron chi connectivity index (χ0n) is 15.4.